The van der Waals surface area contributed by atoms with Gasteiger partial charge >= 0.3 is 12.1 Å². The molecule has 0 fully saturated rings. The van der Waals surface area contributed by atoms with Crippen LogP contribution < -0.4 is 24.8 Å². The average Bonchev–Trinajstić information content (AvgIpc) is 3.90. The van der Waals surface area contributed by atoms with Gasteiger partial charge in [0.2, 0.25) is 12.0 Å². The summed E-state index contributed by atoms with van der Waals surface area (Å²) in [5.41, 5.74) is 1.19. The molecule has 12 nitrogen and oxygen atoms in total. The lowest BCUT2D eigenvalue weighted by Crippen LogP contribution is -2.32. The molecule has 0 unspecified atom stereocenters. The second-order valence-electron chi connectivity index (χ2n) is 12.2. The van der Waals surface area contributed by atoms with Crippen LogP contribution in [0.4, 0.5) is 22.0 Å². The number of ether oxygens (including phenoxy) is 3. The normalized spacial score (nSPS) is 12.9. The summed E-state index contributed by atoms with van der Waals surface area (Å²) in [6.07, 6.45) is -6.87. The van der Waals surface area contributed by atoms with E-state index in [4.69, 9.17) is 30.2 Å². The van der Waals surface area contributed by atoms with Gasteiger partial charge in [-0.2, -0.15) is 22.7 Å². The Morgan fingerprint density at radius 1 is 1.05 bits per heavy atom. The number of benzene rings is 2. The van der Waals surface area contributed by atoms with Crippen molar-refractivity contribution >= 4 is 39.1 Å². The number of nitrogens with zero attached hydrogens (tertiary/aromatic N) is 4. The number of aliphatic carboxylic acids is 1. The highest BCUT2D eigenvalue weighted by Gasteiger charge is 2.36. The summed E-state index contributed by atoms with van der Waals surface area (Å²) in [7, 11) is 1.85. The van der Waals surface area contributed by atoms with Gasteiger partial charge in [-0.1, -0.05) is 35.9 Å². The molecule has 2 aromatic carbocycles. The predicted molar refractivity (Wildman–Crippen MR) is 198 cm³/mol. The molecule has 0 saturated heterocycles. The summed E-state index contributed by atoms with van der Waals surface area (Å²) >= 11 is 7.90. The highest BCUT2D eigenvalue weighted by atomic mass is 35.5. The van der Waals surface area contributed by atoms with Crippen molar-refractivity contribution in [1.82, 2.24) is 30.4 Å². The number of carboxylic acid groups (broad SMARTS) is 1. The van der Waals surface area contributed by atoms with E-state index in [0.717, 1.165) is 36.8 Å². The Morgan fingerprint density at radius 2 is 1.86 bits per heavy atom. The van der Waals surface area contributed by atoms with Gasteiger partial charge in [0.1, 0.15) is 48.2 Å². The number of para-hydroxylation sites is 1. The molecule has 0 spiro atoms. The van der Waals surface area contributed by atoms with Crippen molar-refractivity contribution in [1.29, 1.82) is 0 Å². The number of carboxylic acids is 1. The molecule has 0 amide bonds. The van der Waals surface area contributed by atoms with Crippen LogP contribution in [0.2, 0.25) is 5.02 Å². The lowest BCUT2D eigenvalue weighted by Gasteiger charge is -2.21. The van der Waals surface area contributed by atoms with Crippen molar-refractivity contribution in [2.24, 2.45) is 0 Å². The third-order valence-corrected chi connectivity index (χ3v) is 10.0. The molecule has 6 aromatic rings. The van der Waals surface area contributed by atoms with Crippen LogP contribution >= 0.6 is 22.9 Å². The van der Waals surface area contributed by atoms with Crippen LogP contribution in [0.25, 0.3) is 32.0 Å². The molecule has 0 aliphatic heterocycles. The molecule has 19 heteroatoms. The molecule has 296 valence electrons. The molecular formula is C37H34ClF5N6O6S. The SMILES string of the molecule is CNCCNCCOc1ccc(-c2c(-c3ccc(F)o3)sc3ncnc(O[C@H](C(=O)O)[C@H](F)c4ccccc4OCc4ccnn4CC(F)(F)F)c23)c(C)c1Cl. The monoisotopic (exact) mass is 820 g/mol. The van der Waals surface area contributed by atoms with E-state index in [1.54, 1.807) is 19.1 Å². The topological polar surface area (TPSA) is 146 Å². The molecule has 0 radical (unpaired) electrons. The Morgan fingerprint density at radius 3 is 2.59 bits per heavy atom. The van der Waals surface area contributed by atoms with E-state index < -0.39 is 43.6 Å². The molecule has 3 N–H and O–H groups in total. The molecule has 2 atom stereocenters. The fourth-order valence-corrected chi connectivity index (χ4v) is 7.11. The van der Waals surface area contributed by atoms with E-state index in [0.29, 0.717) is 45.2 Å². The van der Waals surface area contributed by atoms with Crippen molar-refractivity contribution in [2.75, 3.05) is 33.3 Å². The fourth-order valence-electron chi connectivity index (χ4n) is 5.78. The van der Waals surface area contributed by atoms with Crippen molar-refractivity contribution in [3.8, 4) is 39.1 Å². The van der Waals surface area contributed by atoms with E-state index in [2.05, 4.69) is 25.7 Å². The van der Waals surface area contributed by atoms with Crippen LogP contribution in [0.3, 0.4) is 0 Å². The standard InChI is InChI=1S/C37H34ClF5N6O6S/c1-20-22(7-8-25(30(20)38)52-16-15-45-14-13-44-2)28-29-34(46-19-47-35(29)56-33(28)26-9-10-27(39)54-26)55-32(36(50)51)31(40)23-5-3-4-6-24(23)53-17-21-11-12-48-49(21)18-37(41,42)43/h3-12,19,31-32,44-45H,13-18H2,1-2H3,(H,50,51)/t31-,32+/m1/s1. The van der Waals surface area contributed by atoms with Gasteiger partial charge in [0, 0.05) is 43.0 Å². The Kier molecular flexibility index (Phi) is 12.7. The second kappa shape index (κ2) is 17.7. The Balaban J connectivity index is 1.35. The number of hydrogen-bond donors (Lipinski definition) is 3. The van der Waals surface area contributed by atoms with E-state index in [-0.39, 0.29) is 43.9 Å². The van der Waals surface area contributed by atoms with Crippen molar-refractivity contribution in [2.45, 2.75) is 38.5 Å². The van der Waals surface area contributed by atoms with Crippen LogP contribution in [0.5, 0.6) is 17.4 Å². The van der Waals surface area contributed by atoms with Gasteiger partial charge in [-0.25, -0.2) is 19.2 Å². The van der Waals surface area contributed by atoms with Gasteiger partial charge in [0.15, 0.2) is 6.17 Å². The zero-order valence-electron chi connectivity index (χ0n) is 29.7. The Labute approximate surface area is 325 Å². The van der Waals surface area contributed by atoms with E-state index in [1.165, 1.54) is 42.6 Å². The first-order chi connectivity index (χ1) is 26.9. The lowest BCUT2D eigenvalue weighted by atomic mass is 9.97. The van der Waals surface area contributed by atoms with Crippen LogP contribution in [0, 0.1) is 12.9 Å². The number of rotatable bonds is 18. The average molecular weight is 821 g/mol. The summed E-state index contributed by atoms with van der Waals surface area (Å²) in [5.74, 6) is -1.63. The number of likely N-dealkylation sites (N-methyl/N-ethyl adjacent to an activating group) is 1. The third-order valence-electron chi connectivity index (χ3n) is 8.43. The number of fused-ring (bicyclic) bond motifs is 1. The summed E-state index contributed by atoms with van der Waals surface area (Å²) in [4.78, 5) is 21.9. The lowest BCUT2D eigenvalue weighted by molar-refractivity contribution is -0.148. The zero-order chi connectivity index (χ0) is 40.0. The van der Waals surface area contributed by atoms with E-state index >= 15 is 4.39 Å². The zero-order valence-corrected chi connectivity index (χ0v) is 31.3. The quantitative estimate of drug-likeness (QED) is 0.0577. The van der Waals surface area contributed by atoms with Gasteiger partial charge in [-0.3, -0.25) is 4.68 Å². The number of nitrogens with one attached hydrogen (secondary N) is 2. The highest BCUT2D eigenvalue weighted by Crippen LogP contribution is 2.50. The molecule has 0 aliphatic carbocycles. The van der Waals surface area contributed by atoms with Crippen LogP contribution in [0.1, 0.15) is 23.0 Å². The molecule has 6 rings (SSSR count). The minimum absolute atomic E-state index is 0.0476. The molecular weight excluding hydrogens is 787 g/mol. The number of hydrogen-bond acceptors (Lipinski definition) is 11. The van der Waals surface area contributed by atoms with Crippen molar-refractivity contribution in [3.05, 3.63) is 95.0 Å². The fraction of sp³-hybridized carbons (Fsp3) is 0.297. The molecule has 4 heterocycles. The van der Waals surface area contributed by atoms with Crippen molar-refractivity contribution < 1.29 is 50.5 Å². The summed E-state index contributed by atoms with van der Waals surface area (Å²) in [5, 5.41) is 20.7. The van der Waals surface area contributed by atoms with Gasteiger partial charge in [-0.15, -0.1) is 11.3 Å². The van der Waals surface area contributed by atoms with Crippen LogP contribution in [-0.2, 0) is 17.9 Å². The number of thiophene rings is 1. The number of halogens is 6. The van der Waals surface area contributed by atoms with Crippen LogP contribution in [0.15, 0.2) is 71.5 Å². The summed E-state index contributed by atoms with van der Waals surface area (Å²) in [6, 6.07) is 11.9. The van der Waals surface area contributed by atoms with E-state index in [1.807, 2.05) is 7.05 Å². The first kappa shape index (κ1) is 40.4. The number of furan rings is 1. The molecule has 0 saturated carbocycles. The molecule has 0 bridgehead atoms. The second-order valence-corrected chi connectivity index (χ2v) is 13.6. The van der Waals surface area contributed by atoms with Gasteiger partial charge in [0.25, 0.3) is 6.01 Å². The minimum Gasteiger partial charge on any atom is -0.491 e. The third kappa shape index (κ3) is 9.21. The maximum absolute atomic E-state index is 16.5. The maximum atomic E-state index is 16.5. The molecule has 56 heavy (non-hydrogen) atoms. The summed E-state index contributed by atoms with van der Waals surface area (Å²) in [6.45, 7) is 2.35. The molecule has 4 aromatic heterocycles. The molecule has 0 aliphatic rings. The highest BCUT2D eigenvalue weighted by molar-refractivity contribution is 7.22. The number of aromatic nitrogens is 4. The van der Waals surface area contributed by atoms with Gasteiger partial charge in [-0.05, 0) is 49.4 Å². The number of alkyl halides is 4. The maximum Gasteiger partial charge on any atom is 0.408 e. The first-order valence-corrected chi connectivity index (χ1v) is 18.2. The largest absolute Gasteiger partial charge is 0.491 e. The van der Waals surface area contributed by atoms with Gasteiger partial charge < -0.3 is 34.4 Å². The Bertz CT molecular complexity index is 2300. The van der Waals surface area contributed by atoms with Gasteiger partial charge in [0.05, 0.1) is 21.0 Å². The summed E-state index contributed by atoms with van der Waals surface area (Å²) < 4.78 is 93.5. The first-order valence-electron chi connectivity index (χ1n) is 17.0. The smallest absolute Gasteiger partial charge is 0.408 e. The Hall–Kier alpha value is -5.30. The minimum atomic E-state index is -4.55. The van der Waals surface area contributed by atoms with Crippen LogP contribution in [-0.4, -0.2) is 76.4 Å². The van der Waals surface area contributed by atoms with E-state index in [9.17, 15) is 27.5 Å². The number of carbonyl (C=O) groups is 1. The predicted octanol–water partition coefficient (Wildman–Crippen LogP) is 7.79. The van der Waals surface area contributed by atoms with Crippen molar-refractivity contribution in [3.63, 3.8) is 0 Å².